The molecule has 0 saturated heterocycles. The van der Waals surface area contributed by atoms with Crippen LogP contribution in [0.4, 0.5) is 0 Å². The summed E-state index contributed by atoms with van der Waals surface area (Å²) >= 11 is 0. The van der Waals surface area contributed by atoms with Gasteiger partial charge in [-0.2, -0.15) is 0 Å². The summed E-state index contributed by atoms with van der Waals surface area (Å²) in [5.41, 5.74) is 10.1. The molecule has 0 spiro atoms. The number of nitrogens with two attached hydrogens (primary N) is 1. The zero-order valence-electron chi connectivity index (χ0n) is 11.0. The van der Waals surface area contributed by atoms with E-state index in [9.17, 15) is 0 Å². The van der Waals surface area contributed by atoms with Crippen molar-refractivity contribution in [1.82, 2.24) is 0 Å². The van der Waals surface area contributed by atoms with Crippen molar-refractivity contribution in [2.75, 3.05) is 6.61 Å². The van der Waals surface area contributed by atoms with Crippen LogP contribution in [0.3, 0.4) is 0 Å². The Morgan fingerprint density at radius 3 is 2.29 bits per heavy atom. The molecule has 1 aliphatic rings. The molecule has 0 aromatic heterocycles. The highest BCUT2D eigenvalue weighted by Crippen LogP contribution is 2.27. The lowest BCUT2D eigenvalue weighted by molar-refractivity contribution is 0.0750. The highest BCUT2D eigenvalue weighted by molar-refractivity contribution is 5.28. The SMILES string of the molecule is Cc1cc(C)cc(COCC2(N)CCCC2)c1. The summed E-state index contributed by atoms with van der Waals surface area (Å²) in [7, 11) is 0. The van der Waals surface area contributed by atoms with E-state index < -0.39 is 0 Å². The molecule has 1 aromatic carbocycles. The molecule has 2 nitrogen and oxygen atoms in total. The molecule has 0 amide bonds. The number of aryl methyl sites for hydroxylation is 2. The minimum Gasteiger partial charge on any atom is -0.375 e. The molecule has 2 rings (SSSR count). The standard InChI is InChI=1S/C15H23NO/c1-12-7-13(2)9-14(8-12)10-17-11-15(16)5-3-4-6-15/h7-9H,3-6,10-11,16H2,1-2H3. The van der Waals surface area contributed by atoms with Crippen LogP contribution < -0.4 is 5.73 Å². The Morgan fingerprint density at radius 1 is 1.12 bits per heavy atom. The predicted octanol–water partition coefficient (Wildman–Crippen LogP) is 3.09. The fourth-order valence-electron chi connectivity index (χ4n) is 2.75. The minimum absolute atomic E-state index is 0.0567. The maximum absolute atomic E-state index is 6.26. The average molecular weight is 233 g/mol. The smallest absolute Gasteiger partial charge is 0.0718 e. The quantitative estimate of drug-likeness (QED) is 0.867. The van der Waals surface area contributed by atoms with Crippen molar-refractivity contribution in [2.24, 2.45) is 5.73 Å². The first-order valence-corrected chi connectivity index (χ1v) is 6.51. The largest absolute Gasteiger partial charge is 0.375 e. The third kappa shape index (κ3) is 3.55. The molecule has 0 atom stereocenters. The van der Waals surface area contributed by atoms with Crippen LogP contribution in [0.25, 0.3) is 0 Å². The lowest BCUT2D eigenvalue weighted by atomic mass is 10.0. The Labute approximate surface area is 104 Å². The Balaban J connectivity index is 1.85. The maximum Gasteiger partial charge on any atom is 0.0718 e. The summed E-state index contributed by atoms with van der Waals surface area (Å²) in [6, 6.07) is 6.56. The molecule has 17 heavy (non-hydrogen) atoms. The lowest BCUT2D eigenvalue weighted by Crippen LogP contribution is -2.41. The first-order valence-electron chi connectivity index (χ1n) is 6.51. The van der Waals surface area contributed by atoms with Crippen LogP contribution in [0, 0.1) is 13.8 Å². The van der Waals surface area contributed by atoms with Crippen LogP contribution in [0.5, 0.6) is 0 Å². The van der Waals surface area contributed by atoms with E-state index in [0.29, 0.717) is 13.2 Å². The highest BCUT2D eigenvalue weighted by atomic mass is 16.5. The Bertz CT molecular complexity index is 360. The summed E-state index contributed by atoms with van der Waals surface area (Å²) in [4.78, 5) is 0. The zero-order valence-corrected chi connectivity index (χ0v) is 11.0. The maximum atomic E-state index is 6.26. The van der Waals surface area contributed by atoms with Crippen molar-refractivity contribution in [2.45, 2.75) is 51.7 Å². The Morgan fingerprint density at radius 2 is 1.71 bits per heavy atom. The highest BCUT2D eigenvalue weighted by Gasteiger charge is 2.29. The summed E-state index contributed by atoms with van der Waals surface area (Å²) < 4.78 is 5.79. The lowest BCUT2D eigenvalue weighted by Gasteiger charge is -2.23. The van der Waals surface area contributed by atoms with Gasteiger partial charge in [-0.25, -0.2) is 0 Å². The fraction of sp³-hybridized carbons (Fsp3) is 0.600. The van der Waals surface area contributed by atoms with Gasteiger partial charge in [-0.15, -0.1) is 0 Å². The van der Waals surface area contributed by atoms with Gasteiger partial charge in [0.2, 0.25) is 0 Å². The summed E-state index contributed by atoms with van der Waals surface area (Å²) in [6.45, 7) is 5.62. The first-order chi connectivity index (χ1) is 8.07. The number of rotatable bonds is 4. The molecule has 2 N–H and O–H groups in total. The molecule has 0 heterocycles. The van der Waals surface area contributed by atoms with E-state index in [1.807, 2.05) is 0 Å². The van der Waals surface area contributed by atoms with Crippen molar-refractivity contribution in [3.05, 3.63) is 34.9 Å². The number of hydrogen-bond acceptors (Lipinski definition) is 2. The van der Waals surface area contributed by atoms with Crippen LogP contribution in [-0.4, -0.2) is 12.1 Å². The second-order valence-electron chi connectivity index (χ2n) is 5.56. The fourth-order valence-corrected chi connectivity index (χ4v) is 2.75. The van der Waals surface area contributed by atoms with E-state index >= 15 is 0 Å². The molecule has 0 unspecified atom stereocenters. The van der Waals surface area contributed by atoms with Crippen molar-refractivity contribution in [1.29, 1.82) is 0 Å². The van der Waals surface area contributed by atoms with Crippen LogP contribution in [0.15, 0.2) is 18.2 Å². The van der Waals surface area contributed by atoms with Crippen LogP contribution in [-0.2, 0) is 11.3 Å². The van der Waals surface area contributed by atoms with Gasteiger partial charge in [0.05, 0.1) is 13.2 Å². The van der Waals surface area contributed by atoms with Crippen LogP contribution in [0.2, 0.25) is 0 Å². The van der Waals surface area contributed by atoms with Gasteiger partial charge in [0.1, 0.15) is 0 Å². The van der Waals surface area contributed by atoms with Gasteiger partial charge in [-0.05, 0) is 32.3 Å². The number of benzene rings is 1. The summed E-state index contributed by atoms with van der Waals surface area (Å²) in [6.07, 6.45) is 4.73. The van der Waals surface area contributed by atoms with Gasteiger partial charge in [0.25, 0.3) is 0 Å². The molecular formula is C15H23NO. The van der Waals surface area contributed by atoms with Crippen molar-refractivity contribution in [3.8, 4) is 0 Å². The Hall–Kier alpha value is -0.860. The summed E-state index contributed by atoms with van der Waals surface area (Å²) in [5.74, 6) is 0. The molecule has 1 aromatic rings. The monoisotopic (exact) mass is 233 g/mol. The zero-order chi connectivity index (χ0) is 12.3. The third-order valence-corrected chi connectivity index (χ3v) is 3.54. The third-order valence-electron chi connectivity index (χ3n) is 3.54. The van der Waals surface area contributed by atoms with E-state index in [1.165, 1.54) is 29.5 Å². The second kappa shape index (κ2) is 5.19. The van der Waals surface area contributed by atoms with Crippen LogP contribution >= 0.6 is 0 Å². The molecule has 0 aliphatic heterocycles. The number of ether oxygens (including phenoxy) is 1. The molecule has 1 saturated carbocycles. The van der Waals surface area contributed by atoms with Gasteiger partial charge in [-0.3, -0.25) is 0 Å². The van der Waals surface area contributed by atoms with E-state index in [-0.39, 0.29) is 5.54 Å². The van der Waals surface area contributed by atoms with Crippen molar-refractivity contribution in [3.63, 3.8) is 0 Å². The molecule has 94 valence electrons. The van der Waals surface area contributed by atoms with Gasteiger partial charge in [0, 0.05) is 5.54 Å². The van der Waals surface area contributed by atoms with Gasteiger partial charge >= 0.3 is 0 Å². The summed E-state index contributed by atoms with van der Waals surface area (Å²) in [5, 5.41) is 0. The Kier molecular flexibility index (Phi) is 3.85. The van der Waals surface area contributed by atoms with Crippen molar-refractivity contribution < 1.29 is 4.74 Å². The molecule has 0 radical (unpaired) electrons. The molecule has 2 heteroatoms. The van der Waals surface area contributed by atoms with Gasteiger partial charge < -0.3 is 10.5 Å². The normalized spacial score (nSPS) is 18.5. The van der Waals surface area contributed by atoms with E-state index in [0.717, 1.165) is 12.8 Å². The topological polar surface area (TPSA) is 35.2 Å². The van der Waals surface area contributed by atoms with Gasteiger partial charge in [0.15, 0.2) is 0 Å². The van der Waals surface area contributed by atoms with E-state index in [2.05, 4.69) is 32.0 Å². The van der Waals surface area contributed by atoms with E-state index in [4.69, 9.17) is 10.5 Å². The van der Waals surface area contributed by atoms with Crippen molar-refractivity contribution >= 4 is 0 Å². The second-order valence-corrected chi connectivity index (χ2v) is 5.56. The predicted molar refractivity (Wildman–Crippen MR) is 71.0 cm³/mol. The van der Waals surface area contributed by atoms with Crippen LogP contribution in [0.1, 0.15) is 42.4 Å². The minimum atomic E-state index is -0.0567. The number of hydrogen-bond donors (Lipinski definition) is 1. The average Bonchev–Trinajstić information content (AvgIpc) is 2.64. The molecule has 1 fully saturated rings. The van der Waals surface area contributed by atoms with E-state index in [1.54, 1.807) is 0 Å². The molecule has 0 bridgehead atoms. The molecule has 1 aliphatic carbocycles. The molecular weight excluding hydrogens is 210 g/mol. The van der Waals surface area contributed by atoms with Gasteiger partial charge in [-0.1, -0.05) is 42.2 Å². The first kappa shape index (κ1) is 12.6.